The SMILES string of the molecule is CCN1CCCC(NC(=O)c2cc(C(=O)O)on2)C1. The van der Waals surface area contributed by atoms with Crippen LogP contribution in [0.4, 0.5) is 0 Å². The number of amides is 1. The molecule has 19 heavy (non-hydrogen) atoms. The molecular formula is C12H17N3O4. The molecular weight excluding hydrogens is 250 g/mol. The van der Waals surface area contributed by atoms with Crippen molar-refractivity contribution in [2.75, 3.05) is 19.6 Å². The molecule has 1 aliphatic heterocycles. The fourth-order valence-electron chi connectivity index (χ4n) is 2.20. The molecule has 1 amide bonds. The Bertz CT molecular complexity index is 471. The van der Waals surface area contributed by atoms with Gasteiger partial charge in [-0.25, -0.2) is 4.79 Å². The normalized spacial score (nSPS) is 20.2. The van der Waals surface area contributed by atoms with E-state index in [1.165, 1.54) is 0 Å². The fraction of sp³-hybridized carbons (Fsp3) is 0.583. The monoisotopic (exact) mass is 267 g/mol. The van der Waals surface area contributed by atoms with E-state index in [0.29, 0.717) is 0 Å². The third kappa shape index (κ3) is 3.31. The average Bonchev–Trinajstić information content (AvgIpc) is 2.89. The van der Waals surface area contributed by atoms with Gasteiger partial charge in [-0.15, -0.1) is 0 Å². The van der Waals surface area contributed by atoms with Gasteiger partial charge in [-0.2, -0.15) is 0 Å². The summed E-state index contributed by atoms with van der Waals surface area (Å²) in [5.41, 5.74) is 0.00558. The van der Waals surface area contributed by atoms with Gasteiger partial charge in [0.2, 0.25) is 5.76 Å². The van der Waals surface area contributed by atoms with E-state index < -0.39 is 5.97 Å². The Kier molecular flexibility index (Phi) is 4.16. The maximum Gasteiger partial charge on any atom is 0.374 e. The number of rotatable bonds is 4. The molecule has 1 atom stereocenters. The van der Waals surface area contributed by atoms with Gasteiger partial charge in [-0.1, -0.05) is 12.1 Å². The number of hydrogen-bond acceptors (Lipinski definition) is 5. The van der Waals surface area contributed by atoms with E-state index >= 15 is 0 Å². The molecule has 2 rings (SSSR count). The highest BCUT2D eigenvalue weighted by Gasteiger charge is 2.23. The Morgan fingerprint density at radius 2 is 2.42 bits per heavy atom. The number of aromatic carboxylic acids is 1. The Labute approximate surface area is 110 Å². The van der Waals surface area contributed by atoms with Gasteiger partial charge in [0.05, 0.1) is 0 Å². The summed E-state index contributed by atoms with van der Waals surface area (Å²) >= 11 is 0. The van der Waals surface area contributed by atoms with Crippen molar-refractivity contribution < 1.29 is 19.2 Å². The number of nitrogens with zero attached hydrogens (tertiary/aromatic N) is 2. The second kappa shape index (κ2) is 5.83. The van der Waals surface area contributed by atoms with Crippen LogP contribution in [0.3, 0.4) is 0 Å². The average molecular weight is 267 g/mol. The Morgan fingerprint density at radius 1 is 1.63 bits per heavy atom. The van der Waals surface area contributed by atoms with E-state index in [9.17, 15) is 9.59 Å². The molecule has 2 N–H and O–H groups in total. The zero-order chi connectivity index (χ0) is 13.8. The maximum absolute atomic E-state index is 11.9. The highest BCUT2D eigenvalue weighted by atomic mass is 16.5. The van der Waals surface area contributed by atoms with Crippen LogP contribution in [0, 0.1) is 0 Å². The van der Waals surface area contributed by atoms with Crippen LogP contribution in [0.5, 0.6) is 0 Å². The van der Waals surface area contributed by atoms with Crippen LogP contribution in [-0.2, 0) is 0 Å². The number of hydrogen-bond donors (Lipinski definition) is 2. The third-order valence-electron chi connectivity index (χ3n) is 3.24. The van der Waals surface area contributed by atoms with Gasteiger partial charge in [0.25, 0.3) is 5.91 Å². The molecule has 1 unspecified atom stereocenters. The highest BCUT2D eigenvalue weighted by Crippen LogP contribution is 2.11. The van der Waals surface area contributed by atoms with E-state index in [4.69, 9.17) is 5.11 Å². The molecule has 0 aliphatic carbocycles. The number of carboxylic acids is 1. The maximum atomic E-state index is 11.9. The number of carbonyl (C=O) groups is 2. The van der Waals surface area contributed by atoms with Crippen LogP contribution >= 0.6 is 0 Å². The van der Waals surface area contributed by atoms with Crippen LogP contribution in [0.2, 0.25) is 0 Å². The summed E-state index contributed by atoms with van der Waals surface area (Å²) in [6, 6.07) is 1.21. The van der Waals surface area contributed by atoms with Gasteiger partial charge in [0.15, 0.2) is 5.69 Å². The molecule has 0 radical (unpaired) electrons. The minimum atomic E-state index is -1.23. The van der Waals surface area contributed by atoms with Gasteiger partial charge in [0.1, 0.15) is 0 Å². The van der Waals surface area contributed by atoms with E-state index in [1.54, 1.807) is 0 Å². The molecule has 0 bridgehead atoms. The Hall–Kier alpha value is -1.89. The number of likely N-dealkylation sites (N-methyl/N-ethyl adjacent to an activating group) is 1. The number of likely N-dealkylation sites (tertiary alicyclic amines) is 1. The highest BCUT2D eigenvalue weighted by molar-refractivity contribution is 5.94. The van der Waals surface area contributed by atoms with E-state index in [2.05, 4.69) is 26.8 Å². The molecule has 0 spiro atoms. The lowest BCUT2D eigenvalue weighted by molar-refractivity contribution is 0.0650. The van der Waals surface area contributed by atoms with Gasteiger partial charge >= 0.3 is 5.97 Å². The van der Waals surface area contributed by atoms with Crippen LogP contribution < -0.4 is 5.32 Å². The van der Waals surface area contributed by atoms with Crippen LogP contribution in [0.15, 0.2) is 10.6 Å². The van der Waals surface area contributed by atoms with E-state index in [0.717, 1.165) is 38.5 Å². The molecule has 0 aromatic carbocycles. The standard InChI is InChI=1S/C12H17N3O4/c1-2-15-5-3-4-8(7-15)13-11(16)9-6-10(12(17)18)19-14-9/h6,8H,2-5,7H2,1H3,(H,13,16)(H,17,18). The van der Waals surface area contributed by atoms with E-state index in [1.807, 2.05) is 0 Å². The summed E-state index contributed by atoms with van der Waals surface area (Å²) in [6.07, 6.45) is 1.96. The largest absolute Gasteiger partial charge is 0.475 e. The van der Waals surface area contributed by atoms with Crippen molar-refractivity contribution in [1.29, 1.82) is 0 Å². The summed E-state index contributed by atoms with van der Waals surface area (Å²) in [4.78, 5) is 24.8. The predicted octanol–water partition coefficient (Wildman–Crippen LogP) is 0.587. The smallest absolute Gasteiger partial charge is 0.374 e. The molecule has 104 valence electrons. The van der Waals surface area contributed by atoms with Crippen LogP contribution in [0.25, 0.3) is 0 Å². The zero-order valence-corrected chi connectivity index (χ0v) is 10.8. The first-order valence-electron chi connectivity index (χ1n) is 6.33. The lowest BCUT2D eigenvalue weighted by Crippen LogP contribution is -2.47. The summed E-state index contributed by atoms with van der Waals surface area (Å²) in [7, 11) is 0. The van der Waals surface area contributed by atoms with Crippen molar-refractivity contribution in [2.45, 2.75) is 25.8 Å². The van der Waals surface area contributed by atoms with Crippen molar-refractivity contribution in [3.8, 4) is 0 Å². The predicted molar refractivity (Wildman–Crippen MR) is 66.1 cm³/mol. The summed E-state index contributed by atoms with van der Waals surface area (Å²) < 4.78 is 4.56. The van der Waals surface area contributed by atoms with Crippen LogP contribution in [-0.4, -0.2) is 52.7 Å². The Morgan fingerprint density at radius 3 is 3.05 bits per heavy atom. The second-order valence-electron chi connectivity index (χ2n) is 4.59. The van der Waals surface area contributed by atoms with Crippen molar-refractivity contribution in [3.05, 3.63) is 17.5 Å². The molecule has 1 aromatic heterocycles. The third-order valence-corrected chi connectivity index (χ3v) is 3.24. The van der Waals surface area contributed by atoms with Crippen molar-refractivity contribution in [3.63, 3.8) is 0 Å². The molecule has 2 heterocycles. The Balaban J connectivity index is 1.94. The number of aromatic nitrogens is 1. The minimum Gasteiger partial charge on any atom is -0.475 e. The number of carboxylic acid groups (broad SMARTS) is 1. The molecule has 1 aliphatic rings. The number of nitrogens with one attached hydrogen (secondary N) is 1. The zero-order valence-electron chi connectivity index (χ0n) is 10.8. The fourth-order valence-corrected chi connectivity index (χ4v) is 2.20. The van der Waals surface area contributed by atoms with Gasteiger partial charge in [-0.3, -0.25) is 4.79 Å². The second-order valence-corrected chi connectivity index (χ2v) is 4.59. The summed E-state index contributed by atoms with van der Waals surface area (Å²) in [5.74, 6) is -1.95. The van der Waals surface area contributed by atoms with Crippen LogP contribution in [0.1, 0.15) is 40.8 Å². The minimum absolute atomic E-state index is 0.00558. The van der Waals surface area contributed by atoms with Gasteiger partial charge in [-0.05, 0) is 25.9 Å². The summed E-state index contributed by atoms with van der Waals surface area (Å²) in [5, 5.41) is 15.0. The lowest BCUT2D eigenvalue weighted by atomic mass is 10.1. The topological polar surface area (TPSA) is 95.7 Å². The van der Waals surface area contributed by atoms with Gasteiger partial charge < -0.3 is 19.8 Å². The number of piperidine rings is 1. The quantitative estimate of drug-likeness (QED) is 0.828. The molecule has 7 heteroatoms. The first-order chi connectivity index (χ1) is 9.10. The molecule has 1 aromatic rings. The van der Waals surface area contributed by atoms with Crippen molar-refractivity contribution in [1.82, 2.24) is 15.4 Å². The van der Waals surface area contributed by atoms with Crippen molar-refractivity contribution >= 4 is 11.9 Å². The molecule has 1 saturated heterocycles. The lowest BCUT2D eigenvalue weighted by Gasteiger charge is -2.31. The summed E-state index contributed by atoms with van der Waals surface area (Å²) in [6.45, 7) is 4.91. The molecule has 1 fully saturated rings. The molecule has 0 saturated carbocycles. The molecule has 7 nitrogen and oxygen atoms in total. The van der Waals surface area contributed by atoms with Gasteiger partial charge in [0, 0.05) is 18.7 Å². The number of carbonyl (C=O) groups excluding carboxylic acids is 1. The first kappa shape index (κ1) is 13.5. The first-order valence-corrected chi connectivity index (χ1v) is 6.33. The van der Waals surface area contributed by atoms with Crippen molar-refractivity contribution in [2.24, 2.45) is 0 Å². The van der Waals surface area contributed by atoms with E-state index in [-0.39, 0.29) is 23.4 Å².